The number of fused-ring (bicyclic) bond motifs is 2. The van der Waals surface area contributed by atoms with Crippen molar-refractivity contribution in [2.75, 3.05) is 10.6 Å². The van der Waals surface area contributed by atoms with E-state index < -0.39 is 68.5 Å². The molecule has 6 aromatic rings. The Hall–Kier alpha value is -8.86. The molecule has 428 valence electrons. The summed E-state index contributed by atoms with van der Waals surface area (Å²) in [4.78, 5) is 98.6. The normalized spacial score (nSPS) is 13.2. The van der Waals surface area contributed by atoms with E-state index in [0.29, 0.717) is 34.1 Å². The predicted molar refractivity (Wildman–Crippen MR) is 302 cm³/mol. The van der Waals surface area contributed by atoms with E-state index in [1.165, 1.54) is 72.0 Å². The highest BCUT2D eigenvalue weighted by molar-refractivity contribution is 6.16. The summed E-state index contributed by atoms with van der Waals surface area (Å²) in [5.41, 5.74) is 3.63. The molecule has 2 heterocycles. The fraction of sp³-hybridized carbons (Fsp3) is 0.404. The zero-order chi connectivity index (χ0) is 58.7. The van der Waals surface area contributed by atoms with Gasteiger partial charge in [-0.05, 0) is 156 Å². The Morgan fingerprint density at radius 3 is 1.19 bits per heavy atom. The Morgan fingerprint density at radius 1 is 0.550 bits per heavy atom. The van der Waals surface area contributed by atoms with Crippen molar-refractivity contribution in [3.8, 4) is 22.5 Å². The monoisotopic (exact) mass is 1110 g/mol. The first kappa shape index (κ1) is 62.0. The lowest BCUT2D eigenvalue weighted by Crippen LogP contribution is -2.28. The molecule has 3 amide bonds. The van der Waals surface area contributed by atoms with Crippen LogP contribution >= 0.6 is 0 Å². The molecule has 8 rings (SSSR count). The van der Waals surface area contributed by atoms with Gasteiger partial charge in [0.05, 0.1) is 43.4 Å². The number of nitrogens with two attached hydrogens (primary N) is 1. The first-order chi connectivity index (χ1) is 36.6. The van der Waals surface area contributed by atoms with Crippen LogP contribution in [-0.2, 0) is 18.9 Å². The van der Waals surface area contributed by atoms with E-state index in [0.717, 1.165) is 23.5 Å². The van der Waals surface area contributed by atoms with Crippen molar-refractivity contribution >= 4 is 80.8 Å². The molecule has 4 aromatic carbocycles. The highest BCUT2D eigenvalue weighted by Crippen LogP contribution is 2.39. The van der Waals surface area contributed by atoms with Gasteiger partial charge >= 0.3 is 30.3 Å². The number of rotatable bonds is 9. The molecule has 23 heteroatoms. The first-order valence-electron chi connectivity index (χ1n) is 25.2. The Bertz CT molecular complexity index is 3340. The Morgan fingerprint density at radius 2 is 0.887 bits per heavy atom. The average molecular weight is 1110 g/mol. The number of carbonyl (C=O) groups is 6. The van der Waals surface area contributed by atoms with Crippen LogP contribution in [0.5, 0.6) is 0 Å². The van der Waals surface area contributed by atoms with Gasteiger partial charge in [-0.15, -0.1) is 0 Å². The molecule has 6 N–H and O–H groups in total. The van der Waals surface area contributed by atoms with Gasteiger partial charge in [0.2, 0.25) is 0 Å². The molecular weight excluding hydrogens is 1040 g/mol. The Balaban J connectivity index is 0.000000272. The number of nitrogens with zero attached hydrogens (tertiary/aromatic N) is 4. The molecule has 2 saturated carbocycles. The van der Waals surface area contributed by atoms with Gasteiger partial charge in [-0.3, -0.25) is 35.7 Å². The fourth-order valence-electron chi connectivity index (χ4n) is 7.62. The summed E-state index contributed by atoms with van der Waals surface area (Å²) in [6, 6.07) is 20.8. The van der Waals surface area contributed by atoms with Crippen LogP contribution in [0.1, 0.15) is 137 Å². The maximum absolute atomic E-state index is 13.5. The average Bonchev–Trinajstić information content (AvgIpc) is 4.23. The summed E-state index contributed by atoms with van der Waals surface area (Å²) in [5, 5.41) is 41.4. The number of hydrogen-bond donors (Lipinski definition) is 5. The second-order valence-electron chi connectivity index (χ2n) is 22.8. The van der Waals surface area contributed by atoms with Crippen LogP contribution in [0.25, 0.3) is 44.3 Å². The molecule has 0 atom stereocenters. The van der Waals surface area contributed by atoms with Crippen molar-refractivity contribution in [1.82, 2.24) is 14.5 Å². The van der Waals surface area contributed by atoms with Crippen molar-refractivity contribution in [3.63, 3.8) is 0 Å². The molecule has 0 spiro atoms. The van der Waals surface area contributed by atoms with Gasteiger partial charge in [0.1, 0.15) is 22.4 Å². The van der Waals surface area contributed by atoms with Gasteiger partial charge in [0, 0.05) is 58.5 Å². The number of nitro groups is 2. The number of carboxylic acids is 1. The molecular formula is C57H70N8O15. The van der Waals surface area contributed by atoms with E-state index in [2.05, 4.69) is 16.0 Å². The number of benzene rings is 4. The Labute approximate surface area is 462 Å². The number of non-ortho nitro benzene ring substituents is 2. The zero-order valence-corrected chi connectivity index (χ0v) is 46.1. The van der Waals surface area contributed by atoms with Gasteiger partial charge in [-0.25, -0.2) is 33.1 Å². The number of hydrogen-bond acceptors (Lipinski definition) is 15. The van der Waals surface area contributed by atoms with Crippen molar-refractivity contribution in [3.05, 3.63) is 116 Å². The van der Waals surface area contributed by atoms with Gasteiger partial charge in [0.25, 0.3) is 17.3 Å². The number of nitrogens with one attached hydrogen (secondary N) is 3. The molecule has 2 aliphatic carbocycles. The van der Waals surface area contributed by atoms with Gasteiger partial charge in [-0.2, -0.15) is 0 Å². The standard InChI is InChI=1S/C28H32N4O7.C25H27N3O8.C3H7N.CH4/c1-27(2,3)38-25(34)30-18-9-7-16(8-10-18)23-22(24(33)29-17-11-12-17)20-15-19(32(36)37)13-14-21(20)31(23)26(35)39-28(4,5)6;1-24(2,3)35-22(31)26-15-9-7-14(8-10-15)20-19(21(29)30)17-13-16(28(33)34)11-12-18(17)27(20)23(32)36-25(4,5)6;4-3-1-2-3;/h7-10,13-15,17H,11-12H2,1-6H3,(H,29,33)(H,30,34);7-13H,1-6H3,(H,26,31)(H,29,30);3H,1-2,4H2;1H4. The molecule has 23 nitrogen and oxygen atoms in total. The highest BCUT2D eigenvalue weighted by atomic mass is 16.6. The van der Waals surface area contributed by atoms with Gasteiger partial charge in [-0.1, -0.05) is 31.7 Å². The van der Waals surface area contributed by atoms with E-state index in [-0.39, 0.29) is 63.6 Å². The number of nitro benzene ring substituents is 2. The summed E-state index contributed by atoms with van der Waals surface area (Å²) in [6.45, 7) is 20.6. The minimum absolute atomic E-state index is 0. The SMILES string of the molecule is C.CC(C)(C)OC(=O)Nc1ccc(-c2c(C(=O)NC3CC3)c3cc([N+](=O)[O-])ccc3n2C(=O)OC(C)(C)C)cc1.CC(C)(C)OC(=O)Nc1ccc(-c2c(C(=O)O)c3cc([N+](=O)[O-])ccc3n2C(=O)OC(C)(C)C)cc1.NC1CC1. The minimum atomic E-state index is -1.38. The van der Waals surface area contributed by atoms with Crippen molar-refractivity contribution in [1.29, 1.82) is 0 Å². The Kier molecular flexibility index (Phi) is 18.6. The van der Waals surface area contributed by atoms with Crippen LogP contribution in [0, 0.1) is 20.2 Å². The van der Waals surface area contributed by atoms with E-state index in [4.69, 9.17) is 24.7 Å². The van der Waals surface area contributed by atoms with E-state index in [1.54, 1.807) is 107 Å². The molecule has 0 unspecified atom stereocenters. The van der Waals surface area contributed by atoms with Crippen LogP contribution in [0.15, 0.2) is 84.9 Å². The quantitative estimate of drug-likeness (QED) is 0.0510. The summed E-state index contributed by atoms with van der Waals surface area (Å²) >= 11 is 0. The van der Waals surface area contributed by atoms with Crippen LogP contribution in [0.3, 0.4) is 0 Å². The number of aromatic nitrogens is 2. The smallest absolute Gasteiger partial charge is 0.419 e. The number of aromatic carboxylic acids is 1. The second kappa shape index (κ2) is 24.0. The van der Waals surface area contributed by atoms with E-state index >= 15 is 0 Å². The predicted octanol–water partition coefficient (Wildman–Crippen LogP) is 13.0. The van der Waals surface area contributed by atoms with Crippen molar-refractivity contribution in [2.45, 2.75) is 151 Å². The van der Waals surface area contributed by atoms with E-state index in [1.807, 2.05) is 0 Å². The first-order valence-corrected chi connectivity index (χ1v) is 25.2. The lowest BCUT2D eigenvalue weighted by atomic mass is 10.0. The molecule has 0 saturated heterocycles. The third kappa shape index (κ3) is 16.6. The molecule has 80 heavy (non-hydrogen) atoms. The maximum Gasteiger partial charge on any atom is 0.419 e. The molecule has 2 fully saturated rings. The molecule has 2 aliphatic rings. The summed E-state index contributed by atoms with van der Waals surface area (Å²) < 4.78 is 24.1. The molecule has 0 radical (unpaired) electrons. The minimum Gasteiger partial charge on any atom is -0.478 e. The summed E-state index contributed by atoms with van der Waals surface area (Å²) in [5.74, 6) is -1.83. The summed E-state index contributed by atoms with van der Waals surface area (Å²) in [6.07, 6.45) is 1.30. The number of carbonyl (C=O) groups excluding carboxylic acids is 5. The number of amides is 3. The number of carboxylic acid groups (broad SMARTS) is 1. The topological polar surface area (TPSA) is 318 Å². The van der Waals surface area contributed by atoms with Crippen LogP contribution in [-0.4, -0.2) is 94.8 Å². The fourth-order valence-corrected chi connectivity index (χ4v) is 7.62. The van der Waals surface area contributed by atoms with Gasteiger partial charge < -0.3 is 35.1 Å². The molecule has 0 aliphatic heterocycles. The summed E-state index contributed by atoms with van der Waals surface area (Å²) in [7, 11) is 0. The highest BCUT2D eigenvalue weighted by Gasteiger charge is 2.34. The third-order valence-electron chi connectivity index (χ3n) is 11.1. The molecule has 2 aromatic heterocycles. The maximum atomic E-state index is 13.5. The van der Waals surface area contributed by atoms with E-state index in [9.17, 15) is 54.1 Å². The van der Waals surface area contributed by atoms with Crippen LogP contribution in [0.4, 0.5) is 41.9 Å². The third-order valence-corrected chi connectivity index (χ3v) is 11.1. The van der Waals surface area contributed by atoms with Crippen LogP contribution in [0.2, 0.25) is 0 Å². The lowest BCUT2D eigenvalue weighted by Gasteiger charge is -2.21. The van der Waals surface area contributed by atoms with Crippen LogP contribution < -0.4 is 21.7 Å². The van der Waals surface area contributed by atoms with Crippen molar-refractivity contribution < 1.29 is 62.7 Å². The molecule has 0 bridgehead atoms. The van der Waals surface area contributed by atoms with Crippen molar-refractivity contribution in [2.24, 2.45) is 5.73 Å². The number of ether oxygens (including phenoxy) is 4. The lowest BCUT2D eigenvalue weighted by molar-refractivity contribution is -0.384. The van der Waals surface area contributed by atoms with Gasteiger partial charge in [0.15, 0.2) is 0 Å². The second-order valence-corrected chi connectivity index (χ2v) is 22.8. The largest absolute Gasteiger partial charge is 0.478 e. The zero-order valence-electron chi connectivity index (χ0n) is 46.1. The number of anilines is 2.